The monoisotopic (exact) mass is 210 g/mol. The first kappa shape index (κ1) is 11.9. The highest BCUT2D eigenvalue weighted by atomic mass is 16.5. The summed E-state index contributed by atoms with van der Waals surface area (Å²) in [6.45, 7) is 3.47. The highest BCUT2D eigenvalue weighted by Gasteiger charge is 1.96. The Morgan fingerprint density at radius 1 is 1.13 bits per heavy atom. The van der Waals surface area contributed by atoms with Gasteiger partial charge in [-0.1, -0.05) is 6.07 Å². The van der Waals surface area contributed by atoms with E-state index in [0.29, 0.717) is 13.2 Å². The molecule has 1 rings (SSSR count). The molecular formula is C12H18O3. The molecule has 0 aromatic heterocycles. The van der Waals surface area contributed by atoms with Gasteiger partial charge in [-0.3, -0.25) is 0 Å². The van der Waals surface area contributed by atoms with E-state index < -0.39 is 0 Å². The zero-order chi connectivity index (χ0) is 10.9. The molecule has 15 heavy (non-hydrogen) atoms. The van der Waals surface area contributed by atoms with Gasteiger partial charge in [-0.05, 0) is 31.9 Å². The lowest BCUT2D eigenvalue weighted by atomic mass is 10.3. The summed E-state index contributed by atoms with van der Waals surface area (Å²) in [5.41, 5.74) is 0. The van der Waals surface area contributed by atoms with Crippen molar-refractivity contribution < 1.29 is 14.6 Å². The molecule has 0 radical (unpaired) electrons. The molecule has 0 heterocycles. The van der Waals surface area contributed by atoms with Gasteiger partial charge in [0.15, 0.2) is 0 Å². The van der Waals surface area contributed by atoms with Gasteiger partial charge in [0.25, 0.3) is 0 Å². The van der Waals surface area contributed by atoms with Crippen LogP contribution >= 0.6 is 0 Å². The number of aliphatic hydroxyl groups excluding tert-OH is 1. The van der Waals surface area contributed by atoms with Crippen molar-refractivity contribution in [3.8, 4) is 11.5 Å². The fraction of sp³-hybridized carbons (Fsp3) is 0.500. The molecule has 0 aliphatic carbocycles. The molecular weight excluding hydrogens is 192 g/mol. The lowest BCUT2D eigenvalue weighted by Gasteiger charge is -2.07. The van der Waals surface area contributed by atoms with Crippen LogP contribution in [0.3, 0.4) is 0 Å². The summed E-state index contributed by atoms with van der Waals surface area (Å²) in [5, 5.41) is 8.60. The zero-order valence-electron chi connectivity index (χ0n) is 9.11. The second kappa shape index (κ2) is 7.12. The predicted octanol–water partition coefficient (Wildman–Crippen LogP) is 2.24. The molecule has 0 fully saturated rings. The van der Waals surface area contributed by atoms with E-state index in [4.69, 9.17) is 14.6 Å². The third-order valence-electron chi connectivity index (χ3n) is 1.94. The van der Waals surface area contributed by atoms with Crippen molar-refractivity contribution in [2.45, 2.75) is 19.8 Å². The van der Waals surface area contributed by atoms with Gasteiger partial charge in [-0.2, -0.15) is 0 Å². The minimum atomic E-state index is 0.225. The lowest BCUT2D eigenvalue weighted by molar-refractivity contribution is 0.252. The molecule has 0 bridgehead atoms. The Balaban J connectivity index is 2.36. The number of hydrogen-bond donors (Lipinski definition) is 1. The van der Waals surface area contributed by atoms with Crippen molar-refractivity contribution in [1.29, 1.82) is 0 Å². The SMILES string of the molecule is CCOc1cccc(OCCCCO)c1. The number of ether oxygens (including phenoxy) is 2. The summed E-state index contributed by atoms with van der Waals surface area (Å²) in [5.74, 6) is 1.65. The summed E-state index contributed by atoms with van der Waals surface area (Å²) in [7, 11) is 0. The molecule has 0 amide bonds. The van der Waals surface area contributed by atoms with Gasteiger partial charge in [0, 0.05) is 12.7 Å². The van der Waals surface area contributed by atoms with Crippen LogP contribution < -0.4 is 9.47 Å². The van der Waals surface area contributed by atoms with Gasteiger partial charge in [0.05, 0.1) is 13.2 Å². The molecule has 0 saturated carbocycles. The van der Waals surface area contributed by atoms with Crippen molar-refractivity contribution >= 4 is 0 Å². The van der Waals surface area contributed by atoms with Crippen LogP contribution in [-0.4, -0.2) is 24.9 Å². The third-order valence-corrected chi connectivity index (χ3v) is 1.94. The largest absolute Gasteiger partial charge is 0.494 e. The summed E-state index contributed by atoms with van der Waals surface area (Å²) in [4.78, 5) is 0. The second-order valence-electron chi connectivity index (χ2n) is 3.19. The van der Waals surface area contributed by atoms with E-state index in [1.807, 2.05) is 31.2 Å². The quantitative estimate of drug-likeness (QED) is 0.701. The zero-order valence-corrected chi connectivity index (χ0v) is 9.11. The molecule has 0 spiro atoms. The van der Waals surface area contributed by atoms with Crippen LogP contribution in [-0.2, 0) is 0 Å². The standard InChI is InChI=1S/C12H18O3/c1-2-14-11-6-5-7-12(10-11)15-9-4-3-8-13/h5-7,10,13H,2-4,8-9H2,1H3. The average Bonchev–Trinajstić information content (AvgIpc) is 2.26. The minimum Gasteiger partial charge on any atom is -0.494 e. The molecule has 1 aromatic carbocycles. The van der Waals surface area contributed by atoms with Crippen molar-refractivity contribution in [2.75, 3.05) is 19.8 Å². The Morgan fingerprint density at radius 2 is 1.87 bits per heavy atom. The molecule has 0 aliphatic rings. The first-order valence-corrected chi connectivity index (χ1v) is 5.33. The lowest BCUT2D eigenvalue weighted by Crippen LogP contribution is -1.99. The predicted molar refractivity (Wildman–Crippen MR) is 59.4 cm³/mol. The van der Waals surface area contributed by atoms with Crippen molar-refractivity contribution in [2.24, 2.45) is 0 Å². The van der Waals surface area contributed by atoms with Gasteiger partial charge < -0.3 is 14.6 Å². The molecule has 1 aromatic rings. The Morgan fingerprint density at radius 3 is 2.53 bits per heavy atom. The van der Waals surface area contributed by atoms with Gasteiger partial charge in [0.2, 0.25) is 0 Å². The normalized spacial score (nSPS) is 10.0. The van der Waals surface area contributed by atoms with E-state index >= 15 is 0 Å². The Bertz CT molecular complexity index is 273. The number of rotatable bonds is 7. The van der Waals surface area contributed by atoms with Crippen molar-refractivity contribution in [3.63, 3.8) is 0 Å². The van der Waals surface area contributed by atoms with Crippen LogP contribution in [0.5, 0.6) is 11.5 Å². The molecule has 0 unspecified atom stereocenters. The molecule has 1 N–H and O–H groups in total. The number of benzene rings is 1. The van der Waals surface area contributed by atoms with E-state index in [2.05, 4.69) is 0 Å². The first-order valence-electron chi connectivity index (χ1n) is 5.33. The maximum atomic E-state index is 8.60. The van der Waals surface area contributed by atoms with Crippen LogP contribution in [0.2, 0.25) is 0 Å². The molecule has 0 atom stereocenters. The van der Waals surface area contributed by atoms with Gasteiger partial charge in [-0.15, -0.1) is 0 Å². The van der Waals surface area contributed by atoms with Crippen LogP contribution in [0.4, 0.5) is 0 Å². The maximum absolute atomic E-state index is 8.60. The summed E-state index contributed by atoms with van der Waals surface area (Å²) in [6.07, 6.45) is 1.65. The summed E-state index contributed by atoms with van der Waals surface area (Å²) >= 11 is 0. The first-order chi connectivity index (χ1) is 7.36. The summed E-state index contributed by atoms with van der Waals surface area (Å²) in [6, 6.07) is 7.60. The average molecular weight is 210 g/mol. The molecule has 3 heteroatoms. The molecule has 84 valence electrons. The molecule has 0 saturated heterocycles. The highest BCUT2D eigenvalue weighted by Crippen LogP contribution is 2.19. The van der Waals surface area contributed by atoms with Gasteiger partial charge in [0.1, 0.15) is 11.5 Å². The molecule has 0 aliphatic heterocycles. The van der Waals surface area contributed by atoms with Gasteiger partial charge in [-0.25, -0.2) is 0 Å². The molecule has 3 nitrogen and oxygen atoms in total. The highest BCUT2D eigenvalue weighted by molar-refractivity contribution is 5.32. The van der Waals surface area contributed by atoms with Crippen molar-refractivity contribution in [1.82, 2.24) is 0 Å². The minimum absolute atomic E-state index is 0.225. The van der Waals surface area contributed by atoms with E-state index in [0.717, 1.165) is 24.3 Å². The van der Waals surface area contributed by atoms with Gasteiger partial charge >= 0.3 is 0 Å². The van der Waals surface area contributed by atoms with E-state index in [1.54, 1.807) is 0 Å². The summed E-state index contributed by atoms with van der Waals surface area (Å²) < 4.78 is 10.9. The van der Waals surface area contributed by atoms with Crippen LogP contribution in [0.1, 0.15) is 19.8 Å². The second-order valence-corrected chi connectivity index (χ2v) is 3.19. The Labute approximate surface area is 90.6 Å². The fourth-order valence-corrected chi connectivity index (χ4v) is 1.22. The van der Waals surface area contributed by atoms with Crippen molar-refractivity contribution in [3.05, 3.63) is 24.3 Å². The Hall–Kier alpha value is -1.22. The van der Waals surface area contributed by atoms with E-state index in [-0.39, 0.29) is 6.61 Å². The number of hydrogen-bond acceptors (Lipinski definition) is 3. The number of aliphatic hydroxyl groups is 1. The van der Waals surface area contributed by atoms with Crippen LogP contribution in [0.15, 0.2) is 24.3 Å². The smallest absolute Gasteiger partial charge is 0.122 e. The van der Waals surface area contributed by atoms with E-state index in [9.17, 15) is 0 Å². The van der Waals surface area contributed by atoms with Crippen LogP contribution in [0, 0.1) is 0 Å². The number of unbranched alkanes of at least 4 members (excludes halogenated alkanes) is 1. The fourth-order valence-electron chi connectivity index (χ4n) is 1.22. The third kappa shape index (κ3) is 4.70. The topological polar surface area (TPSA) is 38.7 Å². The van der Waals surface area contributed by atoms with E-state index in [1.165, 1.54) is 0 Å². The van der Waals surface area contributed by atoms with Crippen LogP contribution in [0.25, 0.3) is 0 Å². The Kier molecular flexibility index (Phi) is 5.63. The maximum Gasteiger partial charge on any atom is 0.122 e.